The van der Waals surface area contributed by atoms with E-state index in [1.54, 1.807) is 4.90 Å². The number of nitrogens with zero attached hydrogens (tertiary/aromatic N) is 1. The van der Waals surface area contributed by atoms with Crippen LogP contribution in [0, 0.1) is 0 Å². The zero-order valence-electron chi connectivity index (χ0n) is 6.89. The Bertz CT molecular complexity index is 93.7. The molecule has 54 valence electrons. The molecule has 0 amide bonds. The summed E-state index contributed by atoms with van der Waals surface area (Å²) in [4.78, 5) is 11.8. The maximum Gasteiger partial charge on any atom is 1.00 e. The van der Waals surface area contributed by atoms with E-state index in [4.69, 9.17) is 0 Å². The topological polar surface area (TPSA) is 43.4 Å². The molecular formula is C6H12NNaO2. The van der Waals surface area contributed by atoms with E-state index in [-0.39, 0.29) is 36.1 Å². The normalized spacial score (nSPS) is 9.10. The molecule has 0 radical (unpaired) electrons. The molecule has 0 rings (SSSR count). The van der Waals surface area contributed by atoms with Gasteiger partial charge in [0, 0.05) is 6.54 Å². The summed E-state index contributed by atoms with van der Waals surface area (Å²) < 4.78 is 0. The molecule has 0 aliphatic heterocycles. The first kappa shape index (κ1) is 13.1. The van der Waals surface area contributed by atoms with Crippen molar-refractivity contribution in [2.24, 2.45) is 0 Å². The van der Waals surface area contributed by atoms with Gasteiger partial charge < -0.3 is 9.90 Å². The number of hydrogen-bond donors (Lipinski definition) is 0. The van der Waals surface area contributed by atoms with Crippen LogP contribution in [-0.2, 0) is 4.79 Å². The van der Waals surface area contributed by atoms with Crippen LogP contribution in [-0.4, -0.2) is 30.5 Å². The molecule has 0 bridgehead atoms. The number of aliphatic carboxylic acids is 1. The van der Waals surface area contributed by atoms with Crippen molar-refractivity contribution >= 4 is 5.97 Å². The van der Waals surface area contributed by atoms with E-state index >= 15 is 0 Å². The van der Waals surface area contributed by atoms with E-state index in [0.717, 1.165) is 13.1 Å². The third-order valence-electron chi connectivity index (χ3n) is 1.25. The molecular weight excluding hydrogens is 141 g/mol. The first-order valence-corrected chi connectivity index (χ1v) is 3.12. The number of hydrogen-bond acceptors (Lipinski definition) is 3. The Morgan fingerprint density at radius 2 is 1.80 bits per heavy atom. The molecule has 0 aromatic heterocycles. The summed E-state index contributed by atoms with van der Waals surface area (Å²) in [6, 6.07) is 0. The van der Waals surface area contributed by atoms with Gasteiger partial charge in [0.15, 0.2) is 0 Å². The van der Waals surface area contributed by atoms with Crippen LogP contribution in [0.1, 0.15) is 13.8 Å². The first-order chi connectivity index (χ1) is 4.20. The average molecular weight is 153 g/mol. The second-order valence-corrected chi connectivity index (χ2v) is 1.83. The van der Waals surface area contributed by atoms with Gasteiger partial charge in [-0.2, -0.15) is 0 Å². The van der Waals surface area contributed by atoms with Gasteiger partial charge in [0.2, 0.25) is 0 Å². The summed E-state index contributed by atoms with van der Waals surface area (Å²) in [5.74, 6) is -1.00. The molecule has 0 saturated heterocycles. The van der Waals surface area contributed by atoms with Crippen LogP contribution in [0.15, 0.2) is 0 Å². The minimum absolute atomic E-state index is 0. The number of carboxylic acids is 1. The molecule has 3 nitrogen and oxygen atoms in total. The van der Waals surface area contributed by atoms with Crippen molar-refractivity contribution < 1.29 is 39.5 Å². The molecule has 0 aliphatic carbocycles. The summed E-state index contributed by atoms with van der Waals surface area (Å²) in [6.07, 6.45) is 0. The first-order valence-electron chi connectivity index (χ1n) is 3.12. The SMILES string of the molecule is CCN(CC)CC(=O)[O-].[Na+]. The number of carboxylic acid groups (broad SMARTS) is 1. The summed E-state index contributed by atoms with van der Waals surface area (Å²) in [5.41, 5.74) is 0. The van der Waals surface area contributed by atoms with Crippen molar-refractivity contribution in [3.8, 4) is 0 Å². The second kappa shape index (κ2) is 7.54. The zero-order chi connectivity index (χ0) is 7.28. The van der Waals surface area contributed by atoms with Crippen molar-refractivity contribution in [2.75, 3.05) is 19.6 Å². The van der Waals surface area contributed by atoms with Crippen molar-refractivity contribution in [2.45, 2.75) is 13.8 Å². The summed E-state index contributed by atoms with van der Waals surface area (Å²) in [6.45, 7) is 5.43. The van der Waals surface area contributed by atoms with Crippen LogP contribution in [0.2, 0.25) is 0 Å². The smallest absolute Gasteiger partial charge is 0.549 e. The Hall–Kier alpha value is 0.430. The van der Waals surface area contributed by atoms with Gasteiger partial charge in [-0.15, -0.1) is 0 Å². The van der Waals surface area contributed by atoms with Crippen LogP contribution in [0.4, 0.5) is 0 Å². The molecule has 0 N–H and O–H groups in total. The van der Waals surface area contributed by atoms with Crippen molar-refractivity contribution in [3.05, 3.63) is 0 Å². The second-order valence-electron chi connectivity index (χ2n) is 1.83. The third kappa shape index (κ3) is 6.55. The minimum Gasteiger partial charge on any atom is -0.549 e. The van der Waals surface area contributed by atoms with Crippen molar-refractivity contribution in [1.29, 1.82) is 0 Å². The average Bonchev–Trinajstić information content (AvgIpc) is 1.82. The molecule has 0 heterocycles. The minimum atomic E-state index is -1.00. The predicted molar refractivity (Wildman–Crippen MR) is 32.8 cm³/mol. The quantitative estimate of drug-likeness (QED) is 0.388. The number of rotatable bonds is 4. The zero-order valence-corrected chi connectivity index (χ0v) is 8.89. The molecule has 0 fully saturated rings. The molecule has 0 saturated carbocycles. The van der Waals surface area contributed by atoms with E-state index in [0.29, 0.717) is 0 Å². The summed E-state index contributed by atoms with van der Waals surface area (Å²) in [7, 11) is 0. The monoisotopic (exact) mass is 153 g/mol. The van der Waals surface area contributed by atoms with Crippen molar-refractivity contribution in [1.82, 2.24) is 4.90 Å². The molecule has 0 unspecified atom stereocenters. The van der Waals surface area contributed by atoms with Gasteiger partial charge in [-0.05, 0) is 13.1 Å². The fourth-order valence-electron chi connectivity index (χ4n) is 0.630. The van der Waals surface area contributed by atoms with Gasteiger partial charge in [0.05, 0.1) is 5.97 Å². The van der Waals surface area contributed by atoms with E-state index in [1.807, 2.05) is 13.8 Å². The van der Waals surface area contributed by atoms with Gasteiger partial charge in [0.25, 0.3) is 0 Å². The van der Waals surface area contributed by atoms with Gasteiger partial charge in [0.1, 0.15) is 0 Å². The van der Waals surface area contributed by atoms with Gasteiger partial charge >= 0.3 is 29.6 Å². The van der Waals surface area contributed by atoms with Gasteiger partial charge in [-0.25, -0.2) is 0 Å². The van der Waals surface area contributed by atoms with Crippen LogP contribution in [0.25, 0.3) is 0 Å². The van der Waals surface area contributed by atoms with E-state index in [1.165, 1.54) is 0 Å². The molecule has 0 spiro atoms. The largest absolute Gasteiger partial charge is 1.00 e. The summed E-state index contributed by atoms with van der Waals surface area (Å²) in [5, 5.41) is 9.97. The van der Waals surface area contributed by atoms with E-state index in [2.05, 4.69) is 0 Å². The standard InChI is InChI=1S/C6H13NO2.Na/c1-3-7(4-2)5-6(8)9;/h3-5H2,1-2H3,(H,8,9);/q;+1/p-1. The van der Waals surface area contributed by atoms with Gasteiger partial charge in [-0.3, -0.25) is 4.90 Å². The molecule has 0 aromatic rings. The Balaban J connectivity index is 0. The third-order valence-corrected chi connectivity index (χ3v) is 1.25. The fourth-order valence-corrected chi connectivity index (χ4v) is 0.630. The van der Waals surface area contributed by atoms with Crippen LogP contribution < -0.4 is 34.7 Å². The predicted octanol–water partition coefficient (Wildman–Crippen LogP) is -3.92. The Labute approximate surface area is 83.7 Å². The Morgan fingerprint density at radius 1 is 1.40 bits per heavy atom. The van der Waals surface area contributed by atoms with E-state index in [9.17, 15) is 9.90 Å². The maximum atomic E-state index is 9.97. The molecule has 0 aliphatic rings. The number of carbonyl (C=O) groups is 1. The van der Waals surface area contributed by atoms with E-state index < -0.39 is 5.97 Å². The molecule has 0 aromatic carbocycles. The molecule has 0 atom stereocenters. The van der Waals surface area contributed by atoms with Crippen LogP contribution >= 0.6 is 0 Å². The Kier molecular flexibility index (Phi) is 9.84. The maximum absolute atomic E-state index is 9.97. The summed E-state index contributed by atoms with van der Waals surface area (Å²) >= 11 is 0. The fraction of sp³-hybridized carbons (Fsp3) is 0.833. The van der Waals surface area contributed by atoms with Crippen molar-refractivity contribution in [3.63, 3.8) is 0 Å². The van der Waals surface area contributed by atoms with Crippen LogP contribution in [0.5, 0.6) is 0 Å². The molecule has 10 heavy (non-hydrogen) atoms. The Morgan fingerprint density at radius 3 is 1.90 bits per heavy atom. The number of carbonyl (C=O) groups excluding carboxylic acids is 1. The van der Waals surface area contributed by atoms with Crippen LogP contribution in [0.3, 0.4) is 0 Å². The molecule has 4 heteroatoms. The van der Waals surface area contributed by atoms with Gasteiger partial charge in [-0.1, -0.05) is 13.8 Å². The number of likely N-dealkylation sites (N-methyl/N-ethyl adjacent to an activating group) is 1.